The molecule has 0 aliphatic carbocycles. The number of carboxylic acids is 1. The number of rotatable bonds is 10. The molecule has 0 aromatic heterocycles. The number of aliphatic hydroxyl groups excluding tert-OH is 2. The number of carbonyl (C=O) groups is 4. The van der Waals surface area contributed by atoms with Crippen LogP contribution in [-0.2, 0) is 25.6 Å². The number of nitrogens with one attached hydrogen (secondary N) is 2. The molecule has 1 aromatic carbocycles. The first kappa shape index (κ1) is 26.2. The minimum absolute atomic E-state index is 0.133. The van der Waals surface area contributed by atoms with E-state index in [4.69, 9.17) is 5.73 Å². The maximum atomic E-state index is 13.4. The molecule has 33 heavy (non-hydrogen) atoms. The van der Waals surface area contributed by atoms with Gasteiger partial charge in [0, 0.05) is 13.0 Å². The summed E-state index contributed by atoms with van der Waals surface area (Å²) < 4.78 is 0. The fraction of sp³-hybridized carbons (Fsp3) is 0.545. The van der Waals surface area contributed by atoms with Crippen molar-refractivity contribution < 1.29 is 34.5 Å². The Morgan fingerprint density at radius 3 is 2.27 bits per heavy atom. The monoisotopic (exact) mass is 464 g/mol. The van der Waals surface area contributed by atoms with E-state index in [-0.39, 0.29) is 13.0 Å². The Hall–Kier alpha value is -3.02. The van der Waals surface area contributed by atoms with Crippen LogP contribution in [0.2, 0.25) is 0 Å². The van der Waals surface area contributed by atoms with Gasteiger partial charge in [-0.1, -0.05) is 30.3 Å². The quantitative estimate of drug-likeness (QED) is 0.238. The Kier molecular flexibility index (Phi) is 9.32. The van der Waals surface area contributed by atoms with E-state index in [1.165, 1.54) is 18.7 Å². The average Bonchev–Trinajstić information content (AvgIpc) is 3.25. The molecule has 1 aliphatic heterocycles. The fourth-order valence-corrected chi connectivity index (χ4v) is 3.68. The van der Waals surface area contributed by atoms with Crippen molar-refractivity contribution in [3.05, 3.63) is 35.9 Å². The molecule has 11 nitrogen and oxygen atoms in total. The van der Waals surface area contributed by atoms with Crippen LogP contribution in [0.5, 0.6) is 0 Å². The maximum absolute atomic E-state index is 13.4. The molecule has 0 spiro atoms. The average molecular weight is 465 g/mol. The summed E-state index contributed by atoms with van der Waals surface area (Å²) in [6.45, 7) is 2.85. The fourth-order valence-electron chi connectivity index (χ4n) is 3.68. The number of benzene rings is 1. The van der Waals surface area contributed by atoms with Crippen molar-refractivity contribution in [2.24, 2.45) is 5.73 Å². The summed E-state index contributed by atoms with van der Waals surface area (Å²) in [4.78, 5) is 51.3. The van der Waals surface area contributed by atoms with E-state index in [0.717, 1.165) is 5.56 Å². The lowest BCUT2D eigenvalue weighted by Gasteiger charge is -2.30. The largest absolute Gasteiger partial charge is 0.480 e. The number of carbonyl (C=O) groups excluding carboxylic acids is 3. The lowest BCUT2D eigenvalue weighted by molar-refractivity contribution is -0.147. The van der Waals surface area contributed by atoms with Crippen LogP contribution in [-0.4, -0.2) is 86.8 Å². The van der Waals surface area contributed by atoms with E-state index in [0.29, 0.717) is 12.8 Å². The first-order chi connectivity index (χ1) is 15.5. The van der Waals surface area contributed by atoms with Gasteiger partial charge in [0.05, 0.1) is 12.2 Å². The van der Waals surface area contributed by atoms with Crippen LogP contribution in [0.1, 0.15) is 32.3 Å². The first-order valence-electron chi connectivity index (χ1n) is 10.8. The van der Waals surface area contributed by atoms with Crippen LogP contribution >= 0.6 is 0 Å². The molecule has 182 valence electrons. The zero-order valence-electron chi connectivity index (χ0n) is 18.7. The van der Waals surface area contributed by atoms with Gasteiger partial charge in [0.2, 0.25) is 17.7 Å². The highest BCUT2D eigenvalue weighted by molar-refractivity contribution is 5.94. The second-order valence-corrected chi connectivity index (χ2v) is 8.27. The van der Waals surface area contributed by atoms with Gasteiger partial charge in [-0.25, -0.2) is 4.79 Å². The first-order valence-corrected chi connectivity index (χ1v) is 10.8. The van der Waals surface area contributed by atoms with Gasteiger partial charge in [0.25, 0.3) is 0 Å². The Balaban J connectivity index is 2.22. The summed E-state index contributed by atoms with van der Waals surface area (Å²) in [7, 11) is 0. The lowest BCUT2D eigenvalue weighted by atomic mass is 10.0. The number of aliphatic hydroxyl groups is 2. The third-order valence-corrected chi connectivity index (χ3v) is 5.60. The van der Waals surface area contributed by atoms with Gasteiger partial charge >= 0.3 is 5.97 Å². The summed E-state index contributed by atoms with van der Waals surface area (Å²) >= 11 is 0. The van der Waals surface area contributed by atoms with Crippen LogP contribution in [0.4, 0.5) is 0 Å². The lowest BCUT2D eigenvalue weighted by Crippen LogP contribution is -2.59. The molecule has 1 aromatic rings. The molecule has 3 amide bonds. The van der Waals surface area contributed by atoms with Crippen molar-refractivity contribution >= 4 is 23.7 Å². The number of likely N-dealkylation sites (tertiary alicyclic amines) is 1. The highest BCUT2D eigenvalue weighted by Gasteiger charge is 2.40. The molecule has 1 fully saturated rings. The topological polar surface area (TPSA) is 182 Å². The van der Waals surface area contributed by atoms with E-state index in [1.807, 2.05) is 6.07 Å². The van der Waals surface area contributed by atoms with E-state index in [1.54, 1.807) is 24.3 Å². The summed E-state index contributed by atoms with van der Waals surface area (Å²) in [5.41, 5.74) is 6.48. The van der Waals surface area contributed by atoms with E-state index >= 15 is 0 Å². The minimum atomic E-state index is -1.51. The van der Waals surface area contributed by atoms with Gasteiger partial charge in [-0.3, -0.25) is 14.4 Å². The smallest absolute Gasteiger partial charge is 0.328 e. The molecule has 6 unspecified atom stereocenters. The van der Waals surface area contributed by atoms with Gasteiger partial charge in [0.1, 0.15) is 18.1 Å². The highest BCUT2D eigenvalue weighted by atomic mass is 16.4. The minimum Gasteiger partial charge on any atom is -0.480 e. The number of nitrogens with two attached hydrogens (primary N) is 1. The van der Waals surface area contributed by atoms with Crippen molar-refractivity contribution in [1.29, 1.82) is 0 Å². The molecule has 1 saturated heterocycles. The van der Waals surface area contributed by atoms with Crippen molar-refractivity contribution in [2.75, 3.05) is 6.54 Å². The van der Waals surface area contributed by atoms with E-state index < -0.39 is 60.1 Å². The molecule has 1 aliphatic rings. The zero-order valence-corrected chi connectivity index (χ0v) is 18.7. The molecule has 7 N–H and O–H groups in total. The highest BCUT2D eigenvalue weighted by Crippen LogP contribution is 2.20. The van der Waals surface area contributed by atoms with Gasteiger partial charge in [-0.05, 0) is 32.3 Å². The summed E-state index contributed by atoms with van der Waals surface area (Å²) in [5, 5.41) is 33.4. The summed E-state index contributed by atoms with van der Waals surface area (Å²) in [5.74, 6) is -3.32. The van der Waals surface area contributed by atoms with Crippen LogP contribution in [0.3, 0.4) is 0 Å². The van der Waals surface area contributed by atoms with Crippen LogP contribution < -0.4 is 16.4 Å². The van der Waals surface area contributed by atoms with Crippen molar-refractivity contribution in [2.45, 2.75) is 69.5 Å². The number of carboxylic acid groups (broad SMARTS) is 1. The molecule has 0 radical (unpaired) electrons. The Labute approximate surface area is 191 Å². The van der Waals surface area contributed by atoms with Crippen LogP contribution in [0.25, 0.3) is 0 Å². The Morgan fingerprint density at radius 2 is 1.73 bits per heavy atom. The van der Waals surface area contributed by atoms with Gasteiger partial charge in [-0.15, -0.1) is 0 Å². The number of hydrogen-bond donors (Lipinski definition) is 6. The second-order valence-electron chi connectivity index (χ2n) is 8.27. The van der Waals surface area contributed by atoms with Crippen LogP contribution in [0.15, 0.2) is 30.3 Å². The maximum Gasteiger partial charge on any atom is 0.328 e. The third-order valence-electron chi connectivity index (χ3n) is 5.60. The van der Waals surface area contributed by atoms with E-state index in [2.05, 4.69) is 10.6 Å². The second kappa shape index (κ2) is 11.7. The van der Waals surface area contributed by atoms with Crippen LogP contribution in [0, 0.1) is 0 Å². The Morgan fingerprint density at radius 1 is 1.09 bits per heavy atom. The molecule has 6 atom stereocenters. The third kappa shape index (κ3) is 6.98. The van der Waals surface area contributed by atoms with Gasteiger partial charge in [0.15, 0.2) is 6.04 Å². The van der Waals surface area contributed by atoms with Crippen molar-refractivity contribution in [3.8, 4) is 0 Å². The predicted molar refractivity (Wildman–Crippen MR) is 118 cm³/mol. The number of amides is 3. The Bertz CT molecular complexity index is 846. The molecule has 1 heterocycles. The molecular formula is C22H32N4O7. The van der Waals surface area contributed by atoms with Gasteiger partial charge < -0.3 is 36.6 Å². The normalized spacial score (nSPS) is 20.3. The SMILES string of the molecule is CC(O)C(N)C(=O)NC(Cc1ccccc1)C(=O)N1CCCC1C(=O)NC(C(=O)O)C(C)O. The molecule has 11 heteroatoms. The zero-order chi connectivity index (χ0) is 24.7. The predicted octanol–water partition coefficient (Wildman–Crippen LogP) is -1.64. The number of aliphatic carboxylic acids is 1. The summed E-state index contributed by atoms with van der Waals surface area (Å²) in [6, 6.07) is 4.20. The molecule has 0 saturated carbocycles. The summed E-state index contributed by atoms with van der Waals surface area (Å²) in [6.07, 6.45) is -1.51. The van der Waals surface area contributed by atoms with E-state index in [9.17, 15) is 34.5 Å². The van der Waals surface area contributed by atoms with Crippen molar-refractivity contribution in [1.82, 2.24) is 15.5 Å². The standard InChI is InChI=1S/C22H32N4O7/c1-12(27)17(23)20(30)24-15(11-14-7-4-3-5-8-14)21(31)26-10-6-9-16(26)19(29)25-18(13(2)28)22(32)33/h3-5,7-8,12-13,15-18,27-28H,6,9-11,23H2,1-2H3,(H,24,30)(H,25,29)(H,32,33). The molecule has 2 rings (SSSR count). The number of nitrogens with zero attached hydrogens (tertiary/aromatic N) is 1. The molecular weight excluding hydrogens is 432 g/mol. The van der Waals surface area contributed by atoms with Crippen molar-refractivity contribution in [3.63, 3.8) is 0 Å². The number of hydrogen-bond acceptors (Lipinski definition) is 7. The molecule has 0 bridgehead atoms. The van der Waals surface area contributed by atoms with Gasteiger partial charge in [-0.2, -0.15) is 0 Å².